The van der Waals surface area contributed by atoms with Gasteiger partial charge in [0.05, 0.1) is 0 Å². The fourth-order valence-electron chi connectivity index (χ4n) is 2.48. The lowest BCUT2D eigenvalue weighted by Crippen LogP contribution is -2.05. The molecule has 0 amide bonds. The number of hydrogen-bond acceptors (Lipinski definition) is 5. The molecular weight excluding hydrogens is 324 g/mol. The largest absolute Gasteiger partial charge is 0.481 e. The van der Waals surface area contributed by atoms with Crippen molar-refractivity contribution < 1.29 is 14.3 Å². The molecule has 1 heterocycles. The van der Waals surface area contributed by atoms with Gasteiger partial charge in [0.25, 0.3) is 5.22 Å². The zero-order valence-corrected chi connectivity index (χ0v) is 13.6. The van der Waals surface area contributed by atoms with Crippen LogP contribution in [0.15, 0.2) is 70.3 Å². The van der Waals surface area contributed by atoms with Gasteiger partial charge in [-0.3, -0.25) is 4.79 Å². The monoisotopic (exact) mass is 340 g/mol. The van der Waals surface area contributed by atoms with E-state index >= 15 is 0 Å². The van der Waals surface area contributed by atoms with Crippen LogP contribution in [0.4, 0.5) is 0 Å². The molecule has 0 atom stereocenters. The van der Waals surface area contributed by atoms with Crippen LogP contribution in [0.1, 0.15) is 22.9 Å². The van der Waals surface area contributed by atoms with Crippen LogP contribution in [0.25, 0.3) is 0 Å². The lowest BCUT2D eigenvalue weighted by molar-refractivity contribution is -0.133. The Balaban J connectivity index is 1.81. The number of hydrogen-bond donors (Lipinski definition) is 1. The maximum Gasteiger partial charge on any atom is 0.314 e. The van der Waals surface area contributed by atoms with Gasteiger partial charge in [0, 0.05) is 12.3 Å². The lowest BCUT2D eigenvalue weighted by Gasteiger charge is -2.16. The molecule has 3 aromatic rings. The van der Waals surface area contributed by atoms with E-state index in [1.54, 1.807) is 0 Å². The topological polar surface area (TPSA) is 76.2 Å². The van der Waals surface area contributed by atoms with Gasteiger partial charge in [-0.25, -0.2) is 0 Å². The highest BCUT2D eigenvalue weighted by atomic mass is 32.2. The quantitative estimate of drug-likeness (QED) is 0.662. The predicted molar refractivity (Wildman–Crippen MR) is 91.1 cm³/mol. The Morgan fingerprint density at radius 2 is 1.58 bits per heavy atom. The first-order chi connectivity index (χ1) is 11.7. The van der Waals surface area contributed by atoms with Crippen molar-refractivity contribution >= 4 is 17.7 Å². The molecule has 0 aliphatic carbocycles. The smallest absolute Gasteiger partial charge is 0.314 e. The van der Waals surface area contributed by atoms with Crippen LogP contribution < -0.4 is 0 Å². The molecule has 6 heteroatoms. The van der Waals surface area contributed by atoms with Crippen LogP contribution >= 0.6 is 11.8 Å². The second-order valence-corrected chi connectivity index (χ2v) is 6.15. The average Bonchev–Trinajstić information content (AvgIpc) is 3.07. The summed E-state index contributed by atoms with van der Waals surface area (Å²) in [7, 11) is 0. The van der Waals surface area contributed by atoms with E-state index in [0.717, 1.165) is 11.8 Å². The number of carbonyl (C=O) groups is 1. The van der Waals surface area contributed by atoms with Gasteiger partial charge in [-0.1, -0.05) is 72.4 Å². The normalized spacial score (nSPS) is 10.9. The van der Waals surface area contributed by atoms with Crippen LogP contribution in [-0.2, 0) is 11.2 Å². The predicted octanol–water partition coefficient (Wildman–Crippen LogP) is 3.62. The Labute approximate surface area is 143 Å². The number of aliphatic carboxylic acids is 1. The molecule has 1 N–H and O–H groups in total. The SMILES string of the molecule is O=C(O)CSc1nnc(CC(c2ccccc2)c2ccccc2)o1. The maximum absolute atomic E-state index is 10.6. The lowest BCUT2D eigenvalue weighted by atomic mass is 9.88. The van der Waals surface area contributed by atoms with Crippen molar-refractivity contribution in [3.8, 4) is 0 Å². The third-order valence-corrected chi connectivity index (χ3v) is 4.35. The summed E-state index contributed by atoms with van der Waals surface area (Å²) >= 11 is 1.03. The zero-order valence-electron chi connectivity index (χ0n) is 12.8. The Kier molecular flexibility index (Phi) is 5.28. The molecule has 0 radical (unpaired) electrons. The number of nitrogens with zero attached hydrogens (tertiary/aromatic N) is 2. The first-order valence-electron chi connectivity index (χ1n) is 7.49. The van der Waals surface area contributed by atoms with E-state index in [1.807, 2.05) is 36.4 Å². The van der Waals surface area contributed by atoms with E-state index in [0.29, 0.717) is 12.3 Å². The minimum atomic E-state index is -0.911. The minimum absolute atomic E-state index is 0.0948. The summed E-state index contributed by atoms with van der Waals surface area (Å²) in [5.41, 5.74) is 2.34. The van der Waals surface area contributed by atoms with Crippen molar-refractivity contribution in [3.05, 3.63) is 77.7 Å². The number of carboxylic acid groups (broad SMARTS) is 1. The third-order valence-electron chi connectivity index (χ3n) is 3.55. The van der Waals surface area contributed by atoms with Crippen molar-refractivity contribution in [2.45, 2.75) is 17.6 Å². The zero-order chi connectivity index (χ0) is 16.8. The van der Waals surface area contributed by atoms with Gasteiger partial charge in [-0.15, -0.1) is 10.2 Å². The summed E-state index contributed by atoms with van der Waals surface area (Å²) < 4.78 is 5.58. The molecule has 122 valence electrons. The van der Waals surface area contributed by atoms with Gasteiger partial charge >= 0.3 is 5.97 Å². The second-order valence-electron chi connectivity index (χ2n) is 5.22. The van der Waals surface area contributed by atoms with Gasteiger partial charge in [-0.05, 0) is 11.1 Å². The molecule has 0 spiro atoms. The fourth-order valence-corrected chi connectivity index (χ4v) is 2.98. The molecule has 1 aromatic heterocycles. The van der Waals surface area contributed by atoms with E-state index in [9.17, 15) is 4.79 Å². The van der Waals surface area contributed by atoms with Gasteiger partial charge in [-0.2, -0.15) is 0 Å². The minimum Gasteiger partial charge on any atom is -0.481 e. The second kappa shape index (κ2) is 7.79. The summed E-state index contributed by atoms with van der Waals surface area (Å²) in [6, 6.07) is 20.3. The van der Waals surface area contributed by atoms with E-state index < -0.39 is 5.97 Å². The number of benzene rings is 2. The van der Waals surface area contributed by atoms with E-state index in [4.69, 9.17) is 9.52 Å². The highest BCUT2D eigenvalue weighted by Gasteiger charge is 2.18. The molecule has 0 unspecified atom stereocenters. The van der Waals surface area contributed by atoms with Crippen LogP contribution in [0.5, 0.6) is 0 Å². The average molecular weight is 340 g/mol. The van der Waals surface area contributed by atoms with Crippen molar-refractivity contribution in [2.75, 3.05) is 5.75 Å². The molecule has 0 fully saturated rings. The van der Waals surface area contributed by atoms with Gasteiger partial charge in [0.15, 0.2) is 0 Å². The van der Waals surface area contributed by atoms with Crippen molar-refractivity contribution in [2.24, 2.45) is 0 Å². The summed E-state index contributed by atoms with van der Waals surface area (Å²) in [5, 5.41) is 17.0. The third kappa shape index (κ3) is 4.23. The molecule has 5 nitrogen and oxygen atoms in total. The van der Waals surface area contributed by atoms with Crippen molar-refractivity contribution in [3.63, 3.8) is 0 Å². The Morgan fingerprint density at radius 1 is 1.00 bits per heavy atom. The van der Waals surface area contributed by atoms with Gasteiger partial charge in [0.2, 0.25) is 5.89 Å². The molecule has 2 aromatic carbocycles. The van der Waals surface area contributed by atoms with Gasteiger partial charge < -0.3 is 9.52 Å². The molecule has 24 heavy (non-hydrogen) atoms. The number of carboxylic acids is 1. The molecule has 0 saturated heterocycles. The Hall–Kier alpha value is -2.60. The highest BCUT2D eigenvalue weighted by molar-refractivity contribution is 7.99. The van der Waals surface area contributed by atoms with Crippen molar-refractivity contribution in [1.29, 1.82) is 0 Å². The first-order valence-corrected chi connectivity index (χ1v) is 8.48. The van der Waals surface area contributed by atoms with Gasteiger partial charge in [0.1, 0.15) is 5.75 Å². The van der Waals surface area contributed by atoms with E-state index in [-0.39, 0.29) is 16.9 Å². The Morgan fingerprint density at radius 3 is 2.12 bits per heavy atom. The van der Waals surface area contributed by atoms with E-state index in [1.165, 1.54) is 11.1 Å². The summed E-state index contributed by atoms with van der Waals surface area (Å²) in [4.78, 5) is 10.6. The van der Waals surface area contributed by atoms with Crippen LogP contribution in [-0.4, -0.2) is 27.0 Å². The van der Waals surface area contributed by atoms with Crippen LogP contribution in [0, 0.1) is 0 Å². The fraction of sp³-hybridized carbons (Fsp3) is 0.167. The molecule has 3 rings (SSSR count). The Bertz CT molecular complexity index is 751. The van der Waals surface area contributed by atoms with Crippen molar-refractivity contribution in [1.82, 2.24) is 10.2 Å². The molecule has 0 aliphatic rings. The van der Waals surface area contributed by atoms with E-state index in [2.05, 4.69) is 34.5 Å². The highest BCUT2D eigenvalue weighted by Crippen LogP contribution is 2.28. The summed E-state index contributed by atoms with van der Waals surface area (Å²) in [6.45, 7) is 0. The molecular formula is C18H16N2O3S. The van der Waals surface area contributed by atoms with Crippen LogP contribution in [0.3, 0.4) is 0 Å². The number of thioether (sulfide) groups is 1. The molecule has 0 aliphatic heterocycles. The summed E-state index contributed by atoms with van der Waals surface area (Å²) in [6.07, 6.45) is 0.564. The summed E-state index contributed by atoms with van der Waals surface area (Å²) in [5.74, 6) is -0.403. The molecule has 0 saturated carbocycles. The standard InChI is InChI=1S/C18H16N2O3S/c21-17(22)12-24-18-20-19-16(23-18)11-15(13-7-3-1-4-8-13)14-9-5-2-6-10-14/h1-10,15H,11-12H2,(H,21,22). The maximum atomic E-state index is 10.6. The first kappa shape index (κ1) is 16.3. The van der Waals surface area contributed by atoms with Crippen LogP contribution in [0.2, 0.25) is 0 Å². The number of aromatic nitrogens is 2. The number of rotatable bonds is 7. The molecule has 0 bridgehead atoms.